The third kappa shape index (κ3) is 5.09. The third-order valence-corrected chi connectivity index (χ3v) is 3.44. The highest BCUT2D eigenvalue weighted by Gasteiger charge is 2.18. The van der Waals surface area contributed by atoms with Crippen LogP contribution in [0, 0.1) is 0 Å². The number of carbonyl (C=O) groups is 1. The van der Waals surface area contributed by atoms with Gasteiger partial charge in [0.05, 0.1) is 12.1 Å². The maximum absolute atomic E-state index is 12.4. The fourth-order valence-corrected chi connectivity index (χ4v) is 2.11. The molecule has 0 aliphatic heterocycles. The lowest BCUT2D eigenvalue weighted by Crippen LogP contribution is -2.31. The molecule has 128 valence electrons. The lowest BCUT2D eigenvalue weighted by molar-refractivity contribution is -0.0502. The molecule has 0 saturated carbocycles. The van der Waals surface area contributed by atoms with Crippen molar-refractivity contribution >= 4 is 17.5 Å². The molecular weight excluding hydrogens is 340 g/mol. The first-order valence-electron chi connectivity index (χ1n) is 7.15. The molecule has 0 bridgehead atoms. The highest BCUT2D eigenvalue weighted by atomic mass is 35.5. The van der Waals surface area contributed by atoms with Gasteiger partial charge in [0.15, 0.2) is 0 Å². The number of benzene rings is 2. The first-order chi connectivity index (χ1) is 11.5. The highest BCUT2D eigenvalue weighted by Crippen LogP contribution is 2.21. The number of amides is 1. The summed E-state index contributed by atoms with van der Waals surface area (Å²) >= 11 is 5.78. The summed E-state index contributed by atoms with van der Waals surface area (Å²) in [4.78, 5) is 13.7. The van der Waals surface area contributed by atoms with Gasteiger partial charge in [-0.2, -0.15) is 8.78 Å². The summed E-state index contributed by atoms with van der Waals surface area (Å²) in [5.74, 6) is 0.0515. The maximum Gasteiger partial charge on any atom is 0.387 e. The van der Waals surface area contributed by atoms with E-state index in [-0.39, 0.29) is 24.5 Å². The van der Waals surface area contributed by atoms with Crippen molar-refractivity contribution in [3.05, 3.63) is 59.1 Å². The number of carbonyl (C=O) groups excluding carboxylic acids is 1. The first-order valence-corrected chi connectivity index (χ1v) is 7.53. The van der Waals surface area contributed by atoms with E-state index in [9.17, 15) is 13.6 Å². The van der Waals surface area contributed by atoms with Crippen molar-refractivity contribution in [1.29, 1.82) is 0 Å². The predicted molar refractivity (Wildman–Crippen MR) is 87.0 cm³/mol. The number of hydrogen-bond acceptors (Lipinski definition) is 3. The molecule has 0 saturated heterocycles. The van der Waals surface area contributed by atoms with Crippen LogP contribution < -0.4 is 9.47 Å². The van der Waals surface area contributed by atoms with Crippen LogP contribution in [0.2, 0.25) is 5.02 Å². The number of nitrogens with zero attached hydrogens (tertiary/aromatic N) is 1. The zero-order valence-electron chi connectivity index (χ0n) is 12.9. The summed E-state index contributed by atoms with van der Waals surface area (Å²) in [5.41, 5.74) is 0.0757. The van der Waals surface area contributed by atoms with Gasteiger partial charge in [-0.05, 0) is 36.4 Å². The minimum absolute atomic E-state index is 0.0757. The van der Waals surface area contributed by atoms with E-state index in [4.69, 9.17) is 16.3 Å². The van der Waals surface area contributed by atoms with E-state index in [1.54, 1.807) is 37.4 Å². The van der Waals surface area contributed by atoms with E-state index in [1.807, 2.05) is 0 Å². The number of ether oxygens (including phenoxy) is 2. The molecule has 0 aliphatic carbocycles. The second kappa shape index (κ2) is 8.49. The number of likely N-dealkylation sites (N-methyl/N-ethyl adjacent to an activating group) is 1. The standard InChI is InChI=1S/C17H16ClF2NO3/c1-21(10-11-23-13-8-6-12(18)7-9-13)16(22)14-4-2-3-5-15(14)24-17(19)20/h2-9,17H,10-11H2,1H3. The molecule has 0 heterocycles. The van der Waals surface area contributed by atoms with Gasteiger partial charge < -0.3 is 14.4 Å². The lowest BCUT2D eigenvalue weighted by atomic mass is 10.2. The second-order valence-electron chi connectivity index (χ2n) is 4.90. The van der Waals surface area contributed by atoms with Crippen molar-refractivity contribution < 1.29 is 23.0 Å². The Balaban J connectivity index is 1.93. The zero-order chi connectivity index (χ0) is 17.5. The molecule has 4 nitrogen and oxygen atoms in total. The predicted octanol–water partition coefficient (Wildman–Crippen LogP) is 4.09. The van der Waals surface area contributed by atoms with Gasteiger partial charge >= 0.3 is 6.61 Å². The Bertz CT molecular complexity index is 680. The Morgan fingerprint density at radius 3 is 2.50 bits per heavy atom. The van der Waals surface area contributed by atoms with Crippen LogP contribution in [0.4, 0.5) is 8.78 Å². The smallest absolute Gasteiger partial charge is 0.387 e. The molecule has 2 aromatic rings. The van der Waals surface area contributed by atoms with Crippen LogP contribution in [0.1, 0.15) is 10.4 Å². The fraction of sp³-hybridized carbons (Fsp3) is 0.235. The molecule has 2 rings (SSSR count). The molecule has 7 heteroatoms. The lowest BCUT2D eigenvalue weighted by Gasteiger charge is -2.19. The number of para-hydroxylation sites is 1. The van der Waals surface area contributed by atoms with Gasteiger partial charge in [0, 0.05) is 12.1 Å². The fourth-order valence-electron chi connectivity index (χ4n) is 1.98. The van der Waals surface area contributed by atoms with Gasteiger partial charge in [-0.3, -0.25) is 4.79 Å². The number of rotatable bonds is 7. The zero-order valence-corrected chi connectivity index (χ0v) is 13.7. The summed E-state index contributed by atoms with van der Waals surface area (Å²) in [6.45, 7) is -2.45. The molecule has 24 heavy (non-hydrogen) atoms. The van der Waals surface area contributed by atoms with Gasteiger partial charge in [0.1, 0.15) is 18.1 Å². The van der Waals surface area contributed by atoms with Crippen LogP contribution in [-0.2, 0) is 0 Å². The molecule has 1 amide bonds. The molecule has 0 radical (unpaired) electrons. The van der Waals surface area contributed by atoms with E-state index in [0.29, 0.717) is 10.8 Å². The molecule has 0 aliphatic rings. The highest BCUT2D eigenvalue weighted by molar-refractivity contribution is 6.30. The van der Waals surface area contributed by atoms with E-state index in [0.717, 1.165) is 0 Å². The Labute approximate surface area is 143 Å². The topological polar surface area (TPSA) is 38.8 Å². The monoisotopic (exact) mass is 355 g/mol. The van der Waals surface area contributed by atoms with Crippen molar-refractivity contribution in [2.24, 2.45) is 0 Å². The maximum atomic E-state index is 12.4. The normalized spacial score (nSPS) is 10.5. The van der Waals surface area contributed by atoms with Crippen molar-refractivity contribution in [2.75, 3.05) is 20.2 Å². The van der Waals surface area contributed by atoms with Crippen molar-refractivity contribution in [2.45, 2.75) is 6.61 Å². The van der Waals surface area contributed by atoms with E-state index in [1.165, 1.54) is 23.1 Å². The summed E-state index contributed by atoms with van der Waals surface area (Å²) < 4.78 is 34.7. The molecular formula is C17H16ClF2NO3. The summed E-state index contributed by atoms with van der Waals surface area (Å²) in [6.07, 6.45) is 0. The van der Waals surface area contributed by atoms with Crippen LogP contribution in [0.25, 0.3) is 0 Å². The Morgan fingerprint density at radius 2 is 1.83 bits per heavy atom. The first kappa shape index (κ1) is 18.0. The largest absolute Gasteiger partial charge is 0.492 e. The minimum Gasteiger partial charge on any atom is -0.492 e. The molecule has 0 spiro atoms. The summed E-state index contributed by atoms with van der Waals surface area (Å²) in [7, 11) is 1.56. The van der Waals surface area contributed by atoms with Gasteiger partial charge in [0.25, 0.3) is 5.91 Å². The van der Waals surface area contributed by atoms with Gasteiger partial charge in [-0.25, -0.2) is 0 Å². The van der Waals surface area contributed by atoms with E-state index < -0.39 is 12.5 Å². The molecule has 0 fully saturated rings. The molecule has 2 aromatic carbocycles. The van der Waals surface area contributed by atoms with Crippen LogP contribution in [-0.4, -0.2) is 37.6 Å². The molecule has 0 aromatic heterocycles. The molecule has 0 atom stereocenters. The third-order valence-electron chi connectivity index (χ3n) is 3.19. The SMILES string of the molecule is CN(CCOc1ccc(Cl)cc1)C(=O)c1ccccc1OC(F)F. The number of hydrogen-bond donors (Lipinski definition) is 0. The van der Waals surface area contributed by atoms with E-state index >= 15 is 0 Å². The quantitative estimate of drug-likeness (QED) is 0.750. The Hall–Kier alpha value is -2.34. The number of alkyl halides is 2. The van der Waals surface area contributed by atoms with Crippen molar-refractivity contribution in [1.82, 2.24) is 4.90 Å². The van der Waals surface area contributed by atoms with Crippen LogP contribution in [0.5, 0.6) is 11.5 Å². The average molecular weight is 356 g/mol. The average Bonchev–Trinajstić information content (AvgIpc) is 2.56. The summed E-state index contributed by atoms with van der Waals surface area (Å²) in [5, 5.41) is 0.602. The Morgan fingerprint density at radius 1 is 1.17 bits per heavy atom. The number of halogens is 3. The molecule has 0 unspecified atom stereocenters. The second-order valence-corrected chi connectivity index (χ2v) is 5.34. The van der Waals surface area contributed by atoms with Crippen molar-refractivity contribution in [3.63, 3.8) is 0 Å². The van der Waals surface area contributed by atoms with E-state index in [2.05, 4.69) is 4.74 Å². The summed E-state index contributed by atoms with van der Waals surface area (Å²) in [6, 6.07) is 12.7. The van der Waals surface area contributed by atoms with Crippen LogP contribution in [0.3, 0.4) is 0 Å². The molecule has 0 N–H and O–H groups in total. The van der Waals surface area contributed by atoms with Gasteiger partial charge in [-0.15, -0.1) is 0 Å². The van der Waals surface area contributed by atoms with Gasteiger partial charge in [0.2, 0.25) is 0 Å². The minimum atomic E-state index is -2.99. The van der Waals surface area contributed by atoms with Gasteiger partial charge in [-0.1, -0.05) is 23.7 Å². The van der Waals surface area contributed by atoms with Crippen molar-refractivity contribution in [3.8, 4) is 11.5 Å². The van der Waals surface area contributed by atoms with Crippen LogP contribution in [0.15, 0.2) is 48.5 Å². The Kier molecular flexibility index (Phi) is 6.37. The van der Waals surface area contributed by atoms with Crippen LogP contribution >= 0.6 is 11.6 Å².